The molecule has 3 heterocycles. The smallest absolute Gasteiger partial charge is 0.323 e. The number of carboxylic acids is 1. The lowest BCUT2D eigenvalue weighted by Crippen LogP contribution is -2.61. The number of aliphatic carboxylic acids is 1. The molecule has 8 heteroatoms. The zero-order valence-electron chi connectivity index (χ0n) is 15.8. The van der Waals surface area contributed by atoms with Crippen LogP contribution < -0.4 is 4.90 Å². The van der Waals surface area contributed by atoms with Gasteiger partial charge in [0.1, 0.15) is 18.4 Å². The van der Waals surface area contributed by atoms with Crippen LogP contribution in [0, 0.1) is 18.3 Å². The van der Waals surface area contributed by atoms with Crippen molar-refractivity contribution in [3.63, 3.8) is 0 Å². The van der Waals surface area contributed by atoms with E-state index in [0.717, 1.165) is 18.8 Å². The number of aromatic nitrogens is 1. The molecule has 1 aromatic heterocycles. The van der Waals surface area contributed by atoms with Gasteiger partial charge in [-0.1, -0.05) is 0 Å². The molecule has 2 aliphatic rings. The molecule has 3 rings (SSSR count). The Morgan fingerprint density at radius 3 is 2.81 bits per heavy atom. The number of pyridine rings is 1. The van der Waals surface area contributed by atoms with Gasteiger partial charge in [-0.3, -0.25) is 14.5 Å². The summed E-state index contributed by atoms with van der Waals surface area (Å²) in [4.78, 5) is 33.9. The van der Waals surface area contributed by atoms with Gasteiger partial charge >= 0.3 is 5.97 Å². The first-order chi connectivity index (χ1) is 12.8. The maximum Gasteiger partial charge on any atom is 0.323 e. The number of anilines is 1. The third kappa shape index (κ3) is 3.88. The topological polar surface area (TPSA) is 101 Å². The molecule has 144 valence electrons. The molecular formula is C19H25N5O3. The number of nitriles is 1. The number of likely N-dealkylation sites (N-methyl/N-ethyl adjacent to an activating group) is 1. The van der Waals surface area contributed by atoms with Crippen LogP contribution in [0.25, 0.3) is 0 Å². The van der Waals surface area contributed by atoms with Gasteiger partial charge in [0.15, 0.2) is 0 Å². The second-order valence-electron chi connectivity index (χ2n) is 7.46. The van der Waals surface area contributed by atoms with E-state index in [-0.39, 0.29) is 18.0 Å². The number of aryl methyl sites for hydroxylation is 1. The number of carbonyl (C=O) groups excluding carboxylic acids is 1. The van der Waals surface area contributed by atoms with Crippen molar-refractivity contribution in [2.45, 2.75) is 31.7 Å². The zero-order chi connectivity index (χ0) is 19.6. The Kier molecular flexibility index (Phi) is 5.33. The Bertz CT molecular complexity index is 790. The maximum absolute atomic E-state index is 12.4. The van der Waals surface area contributed by atoms with Crippen LogP contribution >= 0.6 is 0 Å². The van der Waals surface area contributed by atoms with E-state index in [1.165, 1.54) is 4.90 Å². The molecule has 0 aromatic carbocycles. The highest BCUT2D eigenvalue weighted by Gasteiger charge is 2.43. The molecule has 1 aromatic rings. The molecule has 2 fully saturated rings. The average molecular weight is 371 g/mol. The standard InChI is InChI=1S/C19H25N5O3/c1-14-3-4-15(11-20)18(21-14)24-10-9-22(2)19(13-24)6-5-16(25)23(8-7-19)12-17(26)27/h3-4H,5-10,12-13H2,1-2H3,(H,26,27)/t19-/m0/s1. The molecule has 1 N–H and O–H groups in total. The van der Waals surface area contributed by atoms with Crippen LogP contribution in [0.15, 0.2) is 12.1 Å². The van der Waals surface area contributed by atoms with Gasteiger partial charge < -0.3 is 14.9 Å². The minimum atomic E-state index is -0.986. The molecule has 27 heavy (non-hydrogen) atoms. The molecule has 0 bridgehead atoms. The van der Waals surface area contributed by atoms with Crippen molar-refractivity contribution in [3.05, 3.63) is 23.4 Å². The lowest BCUT2D eigenvalue weighted by atomic mass is 9.86. The minimum Gasteiger partial charge on any atom is -0.480 e. The Hall–Kier alpha value is -2.66. The fraction of sp³-hybridized carbons (Fsp3) is 0.579. The molecule has 0 aliphatic carbocycles. The maximum atomic E-state index is 12.4. The van der Waals surface area contributed by atoms with Crippen molar-refractivity contribution in [2.24, 2.45) is 0 Å². The molecule has 1 spiro atoms. The fourth-order valence-corrected chi connectivity index (χ4v) is 4.08. The SMILES string of the molecule is Cc1ccc(C#N)c(N2CCN(C)[C@]3(CCC(=O)N(CC(=O)O)CC3)C2)n1. The van der Waals surface area contributed by atoms with Crippen LogP contribution in [0.3, 0.4) is 0 Å². The van der Waals surface area contributed by atoms with Crippen LogP contribution in [0.4, 0.5) is 5.82 Å². The average Bonchev–Trinajstić information content (AvgIpc) is 2.78. The second-order valence-corrected chi connectivity index (χ2v) is 7.46. The van der Waals surface area contributed by atoms with Crippen molar-refractivity contribution in [2.75, 3.05) is 44.7 Å². The highest BCUT2D eigenvalue weighted by atomic mass is 16.4. The van der Waals surface area contributed by atoms with E-state index in [0.29, 0.717) is 43.7 Å². The molecule has 0 saturated carbocycles. The molecule has 1 amide bonds. The lowest BCUT2D eigenvalue weighted by Gasteiger charge is -2.49. The van der Waals surface area contributed by atoms with E-state index in [9.17, 15) is 14.9 Å². The molecular weight excluding hydrogens is 346 g/mol. The quantitative estimate of drug-likeness (QED) is 0.840. The lowest BCUT2D eigenvalue weighted by molar-refractivity contribution is -0.144. The van der Waals surface area contributed by atoms with Gasteiger partial charge in [-0.25, -0.2) is 4.98 Å². The third-order valence-corrected chi connectivity index (χ3v) is 5.76. The van der Waals surface area contributed by atoms with Crippen LogP contribution in [0.5, 0.6) is 0 Å². The number of hydrogen-bond acceptors (Lipinski definition) is 6. The number of carboxylic acid groups (broad SMARTS) is 1. The van der Waals surface area contributed by atoms with Gasteiger partial charge in [-0.05, 0) is 38.9 Å². The van der Waals surface area contributed by atoms with Gasteiger partial charge in [0.2, 0.25) is 5.91 Å². The Morgan fingerprint density at radius 1 is 1.33 bits per heavy atom. The van der Waals surface area contributed by atoms with Crippen molar-refractivity contribution < 1.29 is 14.7 Å². The summed E-state index contributed by atoms with van der Waals surface area (Å²) in [7, 11) is 2.06. The summed E-state index contributed by atoms with van der Waals surface area (Å²) in [6.07, 6.45) is 1.70. The van der Waals surface area contributed by atoms with Crippen LogP contribution in [0.2, 0.25) is 0 Å². The highest BCUT2D eigenvalue weighted by Crippen LogP contribution is 2.34. The van der Waals surface area contributed by atoms with Crippen molar-refractivity contribution in [1.29, 1.82) is 5.26 Å². The Morgan fingerprint density at radius 2 is 2.11 bits per heavy atom. The fourth-order valence-electron chi connectivity index (χ4n) is 4.08. The van der Waals surface area contributed by atoms with Crippen molar-refractivity contribution in [3.8, 4) is 6.07 Å². The number of likely N-dealkylation sites (tertiary alicyclic amines) is 1. The summed E-state index contributed by atoms with van der Waals surface area (Å²) in [5.41, 5.74) is 1.18. The van der Waals surface area contributed by atoms with Gasteiger partial charge in [-0.2, -0.15) is 5.26 Å². The van der Waals surface area contributed by atoms with Crippen LogP contribution in [-0.2, 0) is 9.59 Å². The van der Waals surface area contributed by atoms with E-state index < -0.39 is 5.97 Å². The van der Waals surface area contributed by atoms with Gasteiger partial charge in [-0.15, -0.1) is 0 Å². The van der Waals surface area contributed by atoms with Crippen molar-refractivity contribution >= 4 is 17.7 Å². The summed E-state index contributed by atoms with van der Waals surface area (Å²) in [5.74, 6) is -0.394. The largest absolute Gasteiger partial charge is 0.480 e. The predicted molar refractivity (Wildman–Crippen MR) is 99.3 cm³/mol. The van der Waals surface area contributed by atoms with E-state index in [2.05, 4.69) is 27.9 Å². The monoisotopic (exact) mass is 371 g/mol. The van der Waals surface area contributed by atoms with E-state index in [1.54, 1.807) is 6.07 Å². The molecule has 2 saturated heterocycles. The number of rotatable bonds is 3. The third-order valence-electron chi connectivity index (χ3n) is 5.76. The Balaban J connectivity index is 1.85. The van der Waals surface area contributed by atoms with Gasteiger partial charge in [0, 0.05) is 43.8 Å². The predicted octanol–water partition coefficient (Wildman–Crippen LogP) is 0.849. The number of carbonyl (C=O) groups is 2. The van der Waals surface area contributed by atoms with Gasteiger partial charge in [0.25, 0.3) is 0 Å². The highest BCUT2D eigenvalue weighted by molar-refractivity contribution is 5.81. The second kappa shape index (κ2) is 7.53. The molecule has 2 aliphatic heterocycles. The summed E-state index contributed by atoms with van der Waals surface area (Å²) in [5, 5.41) is 18.5. The van der Waals surface area contributed by atoms with Crippen molar-refractivity contribution in [1.82, 2.24) is 14.8 Å². The number of piperazine rings is 1. The summed E-state index contributed by atoms with van der Waals surface area (Å²) in [6.45, 7) is 4.31. The number of hydrogen-bond donors (Lipinski definition) is 1. The van der Waals surface area contributed by atoms with E-state index in [4.69, 9.17) is 5.11 Å². The first kappa shape index (κ1) is 19.1. The molecule has 1 atom stereocenters. The molecule has 8 nitrogen and oxygen atoms in total. The van der Waals surface area contributed by atoms with Crippen LogP contribution in [0.1, 0.15) is 30.5 Å². The number of amides is 1. The Labute approximate surface area is 159 Å². The minimum absolute atomic E-state index is 0.105. The number of nitrogens with zero attached hydrogens (tertiary/aromatic N) is 5. The summed E-state index contributed by atoms with van der Waals surface area (Å²) >= 11 is 0. The normalized spacial score (nSPS) is 24.0. The molecule has 0 unspecified atom stereocenters. The summed E-state index contributed by atoms with van der Waals surface area (Å²) in [6, 6.07) is 5.86. The first-order valence-electron chi connectivity index (χ1n) is 9.18. The zero-order valence-corrected chi connectivity index (χ0v) is 15.8. The summed E-state index contributed by atoms with van der Waals surface area (Å²) < 4.78 is 0. The first-order valence-corrected chi connectivity index (χ1v) is 9.18. The van der Waals surface area contributed by atoms with Gasteiger partial charge in [0.05, 0.1) is 5.56 Å². The van der Waals surface area contributed by atoms with E-state index in [1.807, 2.05) is 13.0 Å². The molecule has 0 radical (unpaired) electrons. The van der Waals surface area contributed by atoms with Crippen LogP contribution in [-0.4, -0.2) is 77.1 Å². The van der Waals surface area contributed by atoms with E-state index >= 15 is 0 Å².